The molecule has 2 heterocycles. The molecule has 0 aliphatic carbocycles. The van der Waals surface area contributed by atoms with Gasteiger partial charge in [0.05, 0.1) is 11.4 Å². The maximum absolute atomic E-state index is 5.75. The van der Waals surface area contributed by atoms with Gasteiger partial charge in [0.1, 0.15) is 5.52 Å². The fraction of sp³-hybridized carbons (Fsp3) is 0.0714. The Bertz CT molecular complexity index is 662. The van der Waals surface area contributed by atoms with Gasteiger partial charge in [-0.1, -0.05) is 24.3 Å². The van der Waals surface area contributed by atoms with Crippen molar-refractivity contribution in [3.63, 3.8) is 0 Å². The highest BCUT2D eigenvalue weighted by molar-refractivity contribution is 5.76. The lowest BCUT2D eigenvalue weighted by Crippen LogP contribution is -2.12. The highest BCUT2D eigenvalue weighted by atomic mass is 16.4. The fourth-order valence-corrected chi connectivity index (χ4v) is 2.22. The molecule has 0 spiro atoms. The zero-order valence-corrected chi connectivity index (χ0v) is 9.55. The Hall–Kier alpha value is -2.49. The molecule has 1 aliphatic rings. The molecule has 18 heavy (non-hydrogen) atoms. The average molecular weight is 237 g/mol. The van der Waals surface area contributed by atoms with Gasteiger partial charge in [-0.15, -0.1) is 0 Å². The lowest BCUT2D eigenvalue weighted by Gasteiger charge is -2.06. The third-order valence-electron chi connectivity index (χ3n) is 3.08. The van der Waals surface area contributed by atoms with Crippen molar-refractivity contribution in [1.29, 1.82) is 0 Å². The molecule has 0 atom stereocenters. The number of nitrogens with one attached hydrogen (secondary N) is 2. The van der Waals surface area contributed by atoms with E-state index in [1.807, 2.05) is 48.5 Å². The number of aromatic nitrogens is 1. The lowest BCUT2D eigenvalue weighted by molar-refractivity contribution is 0.514. The second kappa shape index (κ2) is 3.50. The Kier molecular flexibility index (Phi) is 1.85. The Balaban J connectivity index is 1.73. The molecule has 4 nitrogen and oxygen atoms in total. The van der Waals surface area contributed by atoms with Crippen LogP contribution in [0.5, 0.6) is 0 Å². The van der Waals surface area contributed by atoms with Crippen LogP contribution in [0.15, 0.2) is 52.9 Å². The summed E-state index contributed by atoms with van der Waals surface area (Å²) in [4.78, 5) is 4.49. The van der Waals surface area contributed by atoms with Crippen molar-refractivity contribution in [1.82, 2.24) is 4.98 Å². The summed E-state index contributed by atoms with van der Waals surface area (Å²) in [6.07, 6.45) is -0.102. The maximum Gasteiger partial charge on any atom is 0.238 e. The van der Waals surface area contributed by atoms with Gasteiger partial charge in [0.2, 0.25) is 5.89 Å². The van der Waals surface area contributed by atoms with Crippen molar-refractivity contribution in [3.05, 3.63) is 54.4 Å². The standard InChI is InChI=1S/C14H11N3O/c1-2-6-10-9(5-1)15-13(16-10)14-17-11-7-3-4-8-12(11)18-14/h1-8,13,15-16H. The van der Waals surface area contributed by atoms with Crippen LogP contribution in [0.1, 0.15) is 12.1 Å². The number of fused-ring (bicyclic) bond motifs is 2. The molecular formula is C14H11N3O. The first kappa shape index (κ1) is 9.53. The molecule has 1 aliphatic heterocycles. The van der Waals surface area contributed by atoms with Crippen LogP contribution in [0.2, 0.25) is 0 Å². The van der Waals surface area contributed by atoms with Crippen LogP contribution in [-0.4, -0.2) is 4.98 Å². The number of anilines is 2. The molecule has 0 bridgehead atoms. The van der Waals surface area contributed by atoms with E-state index >= 15 is 0 Å². The van der Waals surface area contributed by atoms with E-state index in [1.165, 1.54) is 0 Å². The SMILES string of the molecule is c1ccc2c(c1)NC(c1nc3ccccc3o1)N2. The van der Waals surface area contributed by atoms with Crippen LogP contribution in [-0.2, 0) is 0 Å². The number of hydrogen-bond donors (Lipinski definition) is 2. The summed E-state index contributed by atoms with van der Waals surface area (Å²) in [6, 6.07) is 15.8. The van der Waals surface area contributed by atoms with Gasteiger partial charge < -0.3 is 15.1 Å². The van der Waals surface area contributed by atoms with Crippen molar-refractivity contribution in [2.75, 3.05) is 10.6 Å². The number of benzene rings is 2. The lowest BCUT2D eigenvalue weighted by atomic mass is 10.3. The van der Waals surface area contributed by atoms with Crippen LogP contribution >= 0.6 is 0 Å². The van der Waals surface area contributed by atoms with E-state index in [1.54, 1.807) is 0 Å². The summed E-state index contributed by atoms with van der Waals surface area (Å²) in [5, 5.41) is 6.69. The second-order valence-corrected chi connectivity index (χ2v) is 4.29. The zero-order chi connectivity index (χ0) is 11.9. The Labute approximate surface area is 104 Å². The van der Waals surface area contributed by atoms with Gasteiger partial charge in [0.15, 0.2) is 11.7 Å². The van der Waals surface area contributed by atoms with Gasteiger partial charge in [-0.25, -0.2) is 4.98 Å². The maximum atomic E-state index is 5.75. The molecule has 0 saturated carbocycles. The van der Waals surface area contributed by atoms with Gasteiger partial charge in [0, 0.05) is 0 Å². The van der Waals surface area contributed by atoms with Crippen LogP contribution in [0, 0.1) is 0 Å². The Morgan fingerprint density at radius 3 is 2.28 bits per heavy atom. The molecule has 88 valence electrons. The first-order valence-corrected chi connectivity index (χ1v) is 5.88. The summed E-state index contributed by atoms with van der Waals surface area (Å²) in [7, 11) is 0. The molecule has 0 fully saturated rings. The molecule has 3 aromatic rings. The van der Waals surface area contributed by atoms with Crippen molar-refractivity contribution in [2.45, 2.75) is 6.17 Å². The topological polar surface area (TPSA) is 50.1 Å². The van der Waals surface area contributed by atoms with Crippen LogP contribution in [0.25, 0.3) is 11.1 Å². The number of nitrogens with zero attached hydrogens (tertiary/aromatic N) is 1. The Morgan fingerprint density at radius 1 is 0.889 bits per heavy atom. The van der Waals surface area contributed by atoms with E-state index in [0.717, 1.165) is 22.5 Å². The molecule has 2 aromatic carbocycles. The average Bonchev–Trinajstić information content (AvgIpc) is 3.02. The number of rotatable bonds is 1. The minimum atomic E-state index is -0.102. The summed E-state index contributed by atoms with van der Waals surface area (Å²) in [5.41, 5.74) is 3.84. The monoisotopic (exact) mass is 237 g/mol. The summed E-state index contributed by atoms with van der Waals surface area (Å²) in [5.74, 6) is 0.660. The molecule has 2 N–H and O–H groups in total. The van der Waals surface area contributed by atoms with Crippen molar-refractivity contribution >= 4 is 22.5 Å². The smallest absolute Gasteiger partial charge is 0.238 e. The largest absolute Gasteiger partial charge is 0.436 e. The minimum absolute atomic E-state index is 0.102. The summed E-state index contributed by atoms with van der Waals surface area (Å²) in [6.45, 7) is 0. The van der Waals surface area contributed by atoms with Crippen LogP contribution in [0.3, 0.4) is 0 Å². The first-order chi connectivity index (χ1) is 8.90. The van der Waals surface area contributed by atoms with E-state index in [9.17, 15) is 0 Å². The quantitative estimate of drug-likeness (QED) is 0.681. The van der Waals surface area contributed by atoms with E-state index in [4.69, 9.17) is 4.42 Å². The molecule has 4 heteroatoms. The Morgan fingerprint density at radius 2 is 1.56 bits per heavy atom. The number of para-hydroxylation sites is 4. The van der Waals surface area contributed by atoms with Crippen LogP contribution in [0.4, 0.5) is 11.4 Å². The molecule has 0 amide bonds. The number of hydrogen-bond acceptors (Lipinski definition) is 4. The van der Waals surface area contributed by atoms with E-state index < -0.39 is 0 Å². The first-order valence-electron chi connectivity index (χ1n) is 5.88. The zero-order valence-electron chi connectivity index (χ0n) is 9.55. The van der Waals surface area contributed by atoms with E-state index in [2.05, 4.69) is 15.6 Å². The van der Waals surface area contributed by atoms with Gasteiger partial charge >= 0.3 is 0 Å². The summed E-state index contributed by atoms with van der Waals surface area (Å²) < 4.78 is 5.75. The van der Waals surface area contributed by atoms with Gasteiger partial charge in [-0.05, 0) is 24.3 Å². The highest BCUT2D eigenvalue weighted by Crippen LogP contribution is 2.35. The predicted octanol–water partition coefficient (Wildman–Crippen LogP) is 3.36. The van der Waals surface area contributed by atoms with Gasteiger partial charge in [-0.2, -0.15) is 0 Å². The molecule has 0 unspecified atom stereocenters. The minimum Gasteiger partial charge on any atom is -0.436 e. The molecule has 0 radical (unpaired) electrons. The molecule has 4 rings (SSSR count). The van der Waals surface area contributed by atoms with E-state index in [-0.39, 0.29) is 6.17 Å². The normalized spacial score (nSPS) is 14.2. The predicted molar refractivity (Wildman–Crippen MR) is 70.4 cm³/mol. The van der Waals surface area contributed by atoms with Gasteiger partial charge in [0.25, 0.3) is 0 Å². The van der Waals surface area contributed by atoms with Crippen molar-refractivity contribution in [2.24, 2.45) is 0 Å². The fourth-order valence-electron chi connectivity index (χ4n) is 2.22. The third-order valence-corrected chi connectivity index (χ3v) is 3.08. The summed E-state index contributed by atoms with van der Waals surface area (Å²) >= 11 is 0. The van der Waals surface area contributed by atoms with Gasteiger partial charge in [-0.3, -0.25) is 0 Å². The van der Waals surface area contributed by atoms with E-state index in [0.29, 0.717) is 5.89 Å². The molecule has 0 saturated heterocycles. The molecular weight excluding hydrogens is 226 g/mol. The third kappa shape index (κ3) is 1.35. The number of oxazole rings is 1. The van der Waals surface area contributed by atoms with Crippen molar-refractivity contribution < 1.29 is 4.42 Å². The molecule has 1 aromatic heterocycles. The highest BCUT2D eigenvalue weighted by Gasteiger charge is 2.24. The van der Waals surface area contributed by atoms with Crippen molar-refractivity contribution in [3.8, 4) is 0 Å². The van der Waals surface area contributed by atoms with Crippen LogP contribution < -0.4 is 10.6 Å². The second-order valence-electron chi connectivity index (χ2n) is 4.29.